The van der Waals surface area contributed by atoms with E-state index in [1.807, 2.05) is 27.1 Å². The van der Waals surface area contributed by atoms with E-state index in [2.05, 4.69) is 21.8 Å². The number of hydrogen-bond acceptors (Lipinski definition) is 17. The number of aromatic nitrogens is 3. The molecular formula is C54H82FN5O14. The molecule has 0 bridgehead atoms. The van der Waals surface area contributed by atoms with Crippen LogP contribution >= 0.6 is 0 Å². The van der Waals surface area contributed by atoms with Crippen molar-refractivity contribution >= 4 is 23.5 Å². The third-order valence-corrected chi connectivity index (χ3v) is 15.8. The number of nitrogens with zero attached hydrogens (tertiary/aromatic N) is 5. The van der Waals surface area contributed by atoms with Crippen LogP contribution in [0.2, 0.25) is 0 Å². The topological polar surface area (TPSA) is 223 Å². The van der Waals surface area contributed by atoms with Crippen molar-refractivity contribution in [1.29, 1.82) is 0 Å². The van der Waals surface area contributed by atoms with Crippen LogP contribution in [0.25, 0.3) is 0 Å². The van der Waals surface area contributed by atoms with Crippen LogP contribution < -0.4 is 4.90 Å². The first kappa shape index (κ1) is 59.0. The summed E-state index contributed by atoms with van der Waals surface area (Å²) >= 11 is 0. The molecule has 74 heavy (non-hydrogen) atoms. The van der Waals surface area contributed by atoms with E-state index in [1.54, 1.807) is 70.5 Å². The van der Waals surface area contributed by atoms with Gasteiger partial charge in [-0.3, -0.25) is 14.5 Å². The monoisotopic (exact) mass is 1040 g/mol. The summed E-state index contributed by atoms with van der Waals surface area (Å²) in [4.78, 5) is 45.2. The summed E-state index contributed by atoms with van der Waals surface area (Å²) in [5.41, 5.74) is -3.39. The van der Waals surface area contributed by atoms with Crippen molar-refractivity contribution in [1.82, 2.24) is 19.9 Å². The molecule has 0 radical (unpaired) electrons. The molecular weight excluding hydrogens is 962 g/mol. The number of ether oxygens (including phenoxy) is 8. The van der Waals surface area contributed by atoms with Gasteiger partial charge in [0.1, 0.15) is 35.0 Å². The molecule has 6 rings (SSSR count). The zero-order valence-corrected chi connectivity index (χ0v) is 45.3. The molecule has 4 aliphatic heterocycles. The van der Waals surface area contributed by atoms with Gasteiger partial charge in [-0.25, -0.2) is 13.9 Å². The van der Waals surface area contributed by atoms with E-state index in [0.29, 0.717) is 31.6 Å². The number of aliphatic hydroxyl groups excluding tert-OH is 2. The van der Waals surface area contributed by atoms with Crippen LogP contribution in [-0.4, -0.2) is 172 Å². The Balaban J connectivity index is 1.23. The number of methoxy groups -OCH3 is 2. The summed E-state index contributed by atoms with van der Waals surface area (Å²) in [7, 11) is 5.05. The number of hydrogen-bond donors (Lipinski definition) is 3. The van der Waals surface area contributed by atoms with Gasteiger partial charge in [0.2, 0.25) is 0 Å². The van der Waals surface area contributed by atoms with Crippen LogP contribution in [0.4, 0.5) is 14.9 Å². The Kier molecular flexibility index (Phi) is 19.8. The van der Waals surface area contributed by atoms with Crippen LogP contribution in [0.15, 0.2) is 55.3 Å². The van der Waals surface area contributed by atoms with Gasteiger partial charge < -0.3 is 58.1 Å². The fourth-order valence-corrected chi connectivity index (χ4v) is 11.3. The highest BCUT2D eigenvalue weighted by atomic mass is 19.1. The molecule has 3 N–H and O–H groups in total. The highest BCUT2D eigenvalue weighted by molar-refractivity contribution is 5.89. The van der Waals surface area contributed by atoms with Crippen molar-refractivity contribution in [3.63, 3.8) is 0 Å². The maximum atomic E-state index is 14.6. The molecule has 1 aromatic heterocycles. The Morgan fingerprint density at radius 2 is 1.69 bits per heavy atom. The van der Waals surface area contributed by atoms with Crippen molar-refractivity contribution in [2.75, 3.05) is 45.8 Å². The van der Waals surface area contributed by atoms with E-state index >= 15 is 0 Å². The summed E-state index contributed by atoms with van der Waals surface area (Å²) in [5, 5.41) is 43.4. The lowest BCUT2D eigenvalue weighted by atomic mass is 9.73. The number of carbonyl (C=O) groups excluding carboxylic acids is 3. The normalized spacial score (nSPS) is 39.0. The molecule has 0 aliphatic carbocycles. The molecule has 18 atom stereocenters. The summed E-state index contributed by atoms with van der Waals surface area (Å²) in [5.74, 6) is -5.15. The molecule has 4 saturated heterocycles. The van der Waals surface area contributed by atoms with Crippen LogP contribution in [-0.2, 0) is 60.4 Å². The van der Waals surface area contributed by atoms with Crippen molar-refractivity contribution in [3.05, 3.63) is 66.8 Å². The van der Waals surface area contributed by atoms with Gasteiger partial charge in [-0.1, -0.05) is 44.2 Å². The van der Waals surface area contributed by atoms with Gasteiger partial charge >= 0.3 is 12.1 Å². The number of cyclic esters (lactones) is 2. The number of aliphatic hydroxyl groups is 3. The summed E-state index contributed by atoms with van der Waals surface area (Å²) in [6.07, 6.45) is -1.35. The van der Waals surface area contributed by atoms with Gasteiger partial charge in [-0.05, 0) is 91.6 Å². The fourth-order valence-electron chi connectivity index (χ4n) is 11.3. The molecule has 0 saturated carbocycles. The van der Waals surface area contributed by atoms with Crippen molar-refractivity contribution < 1.29 is 72.0 Å². The van der Waals surface area contributed by atoms with Crippen LogP contribution in [0.3, 0.4) is 0 Å². The van der Waals surface area contributed by atoms with Gasteiger partial charge in [-0.2, -0.15) is 0 Å². The number of anilines is 1. The number of Topliss-reactive ketones (excluding diaryl/α,β-unsaturated/α-hetero) is 1. The quantitative estimate of drug-likeness (QED) is 0.141. The van der Waals surface area contributed by atoms with E-state index in [1.165, 1.54) is 44.3 Å². The molecule has 5 heterocycles. The average Bonchev–Trinajstić information content (AvgIpc) is 3.98. The molecule has 414 valence electrons. The van der Waals surface area contributed by atoms with E-state index in [4.69, 9.17) is 37.9 Å². The standard InChI is InChI=1S/C54H82FN5O14/c1-14-17-42-53(10,66)47(62)33(5)45(61)31(3)25-54(15-2,68-13)49(34(6)46(35(7)50(64)72-42)73-44-26-52(9,67-12)48(63)36(8)70-44)74-43-23-37(22-32(4)69-43)27-58(11)21-20-39-28-59(57-56-39)29-41-30-60(51(65)71-41)40-19-16-18-38(55)24-40/h14-19,24,28,31-37,41-44,46-49,62-63,66H,2,20-23,25-27,29-30H2,1,3-13H3/b17-14+/t31-,32-,33+,34+,35-,36+,37+,41+,42-,43?,44+,46+,47-,48+,49-,52-,53-,54-/m1/s1. The maximum absolute atomic E-state index is 14.6. The number of ketones is 1. The molecule has 19 nitrogen and oxygen atoms in total. The van der Waals surface area contributed by atoms with Crippen LogP contribution in [0.1, 0.15) is 93.7 Å². The Morgan fingerprint density at radius 3 is 2.35 bits per heavy atom. The number of halogens is 1. The first-order chi connectivity index (χ1) is 34.9. The summed E-state index contributed by atoms with van der Waals surface area (Å²) in [6, 6.07) is 5.81. The fraction of sp³-hybridized carbons (Fsp3) is 0.722. The molecule has 0 spiro atoms. The largest absolute Gasteiger partial charge is 0.455 e. The van der Waals surface area contributed by atoms with Crippen LogP contribution in [0.5, 0.6) is 0 Å². The number of carbonyl (C=O) groups is 3. The van der Waals surface area contributed by atoms with E-state index < -0.39 is 114 Å². The predicted molar refractivity (Wildman–Crippen MR) is 270 cm³/mol. The number of amides is 1. The number of likely N-dealkylation sites (N-methyl/N-ethyl adjacent to an activating group) is 1. The van der Waals surface area contributed by atoms with Crippen molar-refractivity contribution in [2.24, 2.45) is 29.6 Å². The zero-order chi connectivity index (χ0) is 54.4. The van der Waals surface area contributed by atoms with Gasteiger partial charge in [0.25, 0.3) is 0 Å². The number of benzene rings is 1. The van der Waals surface area contributed by atoms with Crippen molar-refractivity contribution in [2.45, 2.75) is 179 Å². The smallest absolute Gasteiger partial charge is 0.414 e. The number of allylic oxidation sites excluding steroid dienone is 1. The maximum Gasteiger partial charge on any atom is 0.414 e. The van der Waals surface area contributed by atoms with Gasteiger partial charge in [0, 0.05) is 70.5 Å². The third-order valence-electron chi connectivity index (χ3n) is 15.8. The van der Waals surface area contributed by atoms with Gasteiger partial charge in [0.05, 0.1) is 66.5 Å². The lowest BCUT2D eigenvalue weighted by Crippen LogP contribution is -2.60. The lowest BCUT2D eigenvalue weighted by Gasteiger charge is -2.49. The van der Waals surface area contributed by atoms with Gasteiger partial charge in [0.15, 0.2) is 18.7 Å². The minimum absolute atomic E-state index is 0.0347. The third kappa shape index (κ3) is 13.5. The lowest BCUT2D eigenvalue weighted by molar-refractivity contribution is -0.308. The first-order valence-electron chi connectivity index (χ1n) is 26.0. The second-order valence-electron chi connectivity index (χ2n) is 21.7. The van der Waals surface area contributed by atoms with Crippen LogP contribution in [0, 0.1) is 35.4 Å². The van der Waals surface area contributed by atoms with E-state index in [-0.39, 0.29) is 43.7 Å². The highest BCUT2D eigenvalue weighted by Gasteiger charge is 2.54. The molecule has 1 amide bonds. The second kappa shape index (κ2) is 24.8. The molecule has 20 heteroatoms. The molecule has 2 aromatic rings. The van der Waals surface area contributed by atoms with E-state index in [9.17, 15) is 34.1 Å². The minimum Gasteiger partial charge on any atom is -0.455 e. The SMILES string of the molecule is C=C[C@@]1(OC)C[C@@H](C)C(=O)[C@H](C)[C@@H](O)[C@](C)(O)[C@@H](/C=C/C)OC(=O)[C@H](C)[C@@H](O[C@H]2C[C@@](C)(OC)[C@@H](O)[C@H](C)O2)[C@H](C)[C@H]1OC1C[C@@H](CN(C)CCc2cn(C[C@H]3CN(c4cccc(F)c4)C(=O)O3)nn2)C[C@@H](C)O1. The summed E-state index contributed by atoms with van der Waals surface area (Å²) in [6.45, 7) is 21.4. The Labute approximate surface area is 435 Å². The average molecular weight is 1040 g/mol. The number of rotatable bonds is 16. The number of esters is 1. The molecule has 4 fully saturated rings. The Hall–Kier alpha value is -4.22. The van der Waals surface area contributed by atoms with Crippen molar-refractivity contribution in [3.8, 4) is 0 Å². The zero-order valence-electron chi connectivity index (χ0n) is 45.3. The Morgan fingerprint density at radius 1 is 0.959 bits per heavy atom. The summed E-state index contributed by atoms with van der Waals surface area (Å²) < 4.78 is 66.3. The minimum atomic E-state index is -2.09. The first-order valence-corrected chi connectivity index (χ1v) is 26.0. The molecule has 1 aromatic carbocycles. The molecule has 1 unspecified atom stereocenters. The Bertz CT molecular complexity index is 2250. The highest BCUT2D eigenvalue weighted by Crippen LogP contribution is 2.43. The molecule has 4 aliphatic rings. The predicted octanol–water partition coefficient (Wildman–Crippen LogP) is 5.42. The van der Waals surface area contributed by atoms with Gasteiger partial charge in [-0.15, -0.1) is 11.7 Å². The van der Waals surface area contributed by atoms with E-state index in [0.717, 1.165) is 12.1 Å². The second-order valence-corrected chi connectivity index (χ2v) is 21.7.